The summed E-state index contributed by atoms with van der Waals surface area (Å²) in [6.07, 6.45) is 3.83. The molecule has 1 nitrogen and oxygen atoms in total. The fourth-order valence-corrected chi connectivity index (χ4v) is 9.42. The van der Waals surface area contributed by atoms with Gasteiger partial charge in [0.05, 0.1) is 0 Å². The highest BCUT2D eigenvalue weighted by Crippen LogP contribution is 2.37. The minimum absolute atomic E-state index is 0.0533. The lowest BCUT2D eigenvalue weighted by atomic mass is 9.89. The first-order chi connectivity index (χ1) is 13.7. The third-order valence-corrected chi connectivity index (χ3v) is 11.3. The van der Waals surface area contributed by atoms with Gasteiger partial charge >= 0.3 is 0 Å². The first-order valence-corrected chi connectivity index (χ1v) is 13.4. The van der Waals surface area contributed by atoms with Gasteiger partial charge in [0.2, 0.25) is 0 Å². The summed E-state index contributed by atoms with van der Waals surface area (Å²) in [7, 11) is -2.40. The Balaban J connectivity index is 2.29. The first-order valence-electron chi connectivity index (χ1n) is 11.5. The number of hydrogen-bond donors (Lipinski definition) is 0. The van der Waals surface area contributed by atoms with Gasteiger partial charge < -0.3 is 4.43 Å². The van der Waals surface area contributed by atoms with E-state index >= 15 is 0 Å². The van der Waals surface area contributed by atoms with Gasteiger partial charge in [-0.3, -0.25) is 0 Å². The smallest absolute Gasteiger partial charge is 0.261 e. The summed E-state index contributed by atoms with van der Waals surface area (Å²) in [6, 6.07) is 22.0. The molecule has 0 N–H and O–H groups in total. The molecule has 2 rings (SSSR count). The highest BCUT2D eigenvalue weighted by molar-refractivity contribution is 6.99. The van der Waals surface area contributed by atoms with E-state index in [4.69, 9.17) is 4.43 Å². The van der Waals surface area contributed by atoms with Gasteiger partial charge in [-0.15, -0.1) is 0 Å². The molecule has 0 aliphatic heterocycles. The quantitative estimate of drug-likeness (QED) is 0.398. The Hall–Kier alpha value is -1.38. The molecule has 0 amide bonds. The molecule has 0 bridgehead atoms. The number of hydrogen-bond acceptors (Lipinski definition) is 1. The van der Waals surface area contributed by atoms with Crippen LogP contribution in [0.25, 0.3) is 0 Å². The van der Waals surface area contributed by atoms with Gasteiger partial charge in [-0.2, -0.15) is 0 Å². The van der Waals surface area contributed by atoms with Crippen molar-refractivity contribution in [3.05, 3.63) is 60.7 Å². The summed E-state index contributed by atoms with van der Waals surface area (Å²) >= 11 is 0. The van der Waals surface area contributed by atoms with E-state index in [0.717, 1.165) is 18.4 Å². The SMILES string of the molecule is CC[C@H](C)C[C@H](C)C[C@H](C)CO[Si](c1ccccc1)(c1ccccc1)C(C)(C)C. The van der Waals surface area contributed by atoms with E-state index in [-0.39, 0.29) is 5.04 Å². The Kier molecular flexibility index (Phi) is 8.72. The molecule has 2 aromatic carbocycles. The Morgan fingerprint density at radius 2 is 1.17 bits per heavy atom. The fourth-order valence-electron chi connectivity index (χ4n) is 4.73. The standard InChI is InChI=1S/C27H42OSi/c1-8-22(2)19-23(3)20-24(4)21-28-29(27(5,6)7,25-15-11-9-12-16-25)26-17-13-10-14-18-26/h9-18,22-24H,8,19-21H2,1-7H3/t22-,23-,24-/m0/s1. The topological polar surface area (TPSA) is 9.23 Å². The molecule has 0 spiro atoms. The predicted octanol–water partition coefficient (Wildman–Crippen LogP) is 6.66. The van der Waals surface area contributed by atoms with Gasteiger partial charge in [0.1, 0.15) is 0 Å². The summed E-state index contributed by atoms with van der Waals surface area (Å²) in [5.74, 6) is 2.13. The molecule has 0 aliphatic carbocycles. The maximum absolute atomic E-state index is 7.10. The van der Waals surface area contributed by atoms with Crippen molar-refractivity contribution < 1.29 is 4.43 Å². The third kappa shape index (κ3) is 6.05. The predicted molar refractivity (Wildman–Crippen MR) is 131 cm³/mol. The molecule has 3 atom stereocenters. The van der Waals surface area contributed by atoms with Crippen molar-refractivity contribution in [2.24, 2.45) is 17.8 Å². The highest BCUT2D eigenvalue weighted by atomic mass is 28.4. The van der Waals surface area contributed by atoms with Crippen LogP contribution >= 0.6 is 0 Å². The van der Waals surface area contributed by atoms with E-state index in [9.17, 15) is 0 Å². The van der Waals surface area contributed by atoms with Crippen molar-refractivity contribution in [1.29, 1.82) is 0 Å². The molecule has 0 saturated carbocycles. The van der Waals surface area contributed by atoms with Crippen molar-refractivity contribution in [3.8, 4) is 0 Å². The summed E-state index contributed by atoms with van der Waals surface area (Å²) in [5, 5.41) is 2.80. The second-order valence-corrected chi connectivity index (χ2v) is 14.5. The maximum atomic E-state index is 7.10. The van der Waals surface area contributed by atoms with Crippen LogP contribution in [-0.2, 0) is 4.43 Å². The van der Waals surface area contributed by atoms with Gasteiger partial charge in [0, 0.05) is 6.61 Å². The molecule has 2 aromatic rings. The van der Waals surface area contributed by atoms with Crippen LogP contribution in [0.5, 0.6) is 0 Å². The molecule has 0 heterocycles. The second kappa shape index (κ2) is 10.6. The maximum Gasteiger partial charge on any atom is 0.261 e. The van der Waals surface area contributed by atoms with E-state index in [0.29, 0.717) is 5.92 Å². The molecule has 2 heteroatoms. The fraction of sp³-hybridized carbons (Fsp3) is 0.556. The van der Waals surface area contributed by atoms with Crippen LogP contribution in [0, 0.1) is 17.8 Å². The summed E-state index contributed by atoms with van der Waals surface area (Å²) in [4.78, 5) is 0. The van der Waals surface area contributed by atoms with E-state index in [2.05, 4.69) is 109 Å². The minimum Gasteiger partial charge on any atom is -0.407 e. The molecule has 160 valence electrons. The van der Waals surface area contributed by atoms with Gasteiger partial charge in [-0.05, 0) is 46.0 Å². The van der Waals surface area contributed by atoms with Crippen LogP contribution < -0.4 is 10.4 Å². The van der Waals surface area contributed by atoms with Gasteiger partial charge in [-0.1, -0.05) is 116 Å². The Bertz CT molecular complexity index is 665. The Labute approximate surface area is 181 Å². The molecule has 0 fully saturated rings. The summed E-state index contributed by atoms with van der Waals surface area (Å²) in [6.45, 7) is 17.3. The van der Waals surface area contributed by atoms with Crippen LogP contribution in [-0.4, -0.2) is 14.9 Å². The molecule has 0 aliphatic rings. The van der Waals surface area contributed by atoms with Gasteiger partial charge in [0.15, 0.2) is 0 Å². The lowest BCUT2D eigenvalue weighted by Gasteiger charge is -2.43. The van der Waals surface area contributed by atoms with Crippen molar-refractivity contribution in [1.82, 2.24) is 0 Å². The van der Waals surface area contributed by atoms with Crippen LogP contribution in [0.15, 0.2) is 60.7 Å². The molecule has 0 radical (unpaired) electrons. The number of benzene rings is 2. The van der Waals surface area contributed by atoms with Gasteiger partial charge in [-0.25, -0.2) is 0 Å². The van der Waals surface area contributed by atoms with E-state index in [1.54, 1.807) is 0 Å². The minimum atomic E-state index is -2.40. The summed E-state index contributed by atoms with van der Waals surface area (Å²) in [5.41, 5.74) is 0. The first kappa shape index (κ1) is 23.9. The molecule has 29 heavy (non-hydrogen) atoms. The van der Waals surface area contributed by atoms with Crippen LogP contribution in [0.2, 0.25) is 5.04 Å². The highest BCUT2D eigenvalue weighted by Gasteiger charge is 2.50. The van der Waals surface area contributed by atoms with Crippen LogP contribution in [0.4, 0.5) is 0 Å². The zero-order valence-corrected chi connectivity index (χ0v) is 20.7. The van der Waals surface area contributed by atoms with E-state index in [1.807, 2.05) is 0 Å². The largest absolute Gasteiger partial charge is 0.407 e. The molecular formula is C27H42OSi. The normalized spacial score (nSPS) is 15.7. The molecule has 0 unspecified atom stereocenters. The third-order valence-electron chi connectivity index (χ3n) is 6.31. The number of rotatable bonds is 10. The molecule has 0 aromatic heterocycles. The van der Waals surface area contributed by atoms with Crippen molar-refractivity contribution in [2.75, 3.05) is 6.61 Å². The average Bonchev–Trinajstić information content (AvgIpc) is 2.68. The van der Waals surface area contributed by atoms with Crippen molar-refractivity contribution >= 4 is 18.7 Å². The lowest BCUT2D eigenvalue weighted by Crippen LogP contribution is -2.66. The summed E-state index contributed by atoms with van der Waals surface area (Å²) < 4.78 is 7.10. The van der Waals surface area contributed by atoms with Crippen molar-refractivity contribution in [3.63, 3.8) is 0 Å². The van der Waals surface area contributed by atoms with Crippen molar-refractivity contribution in [2.45, 2.75) is 72.8 Å². The van der Waals surface area contributed by atoms with Crippen LogP contribution in [0.1, 0.15) is 67.7 Å². The molecule has 0 saturated heterocycles. The van der Waals surface area contributed by atoms with Gasteiger partial charge in [0.25, 0.3) is 8.32 Å². The Morgan fingerprint density at radius 1 is 0.724 bits per heavy atom. The average molecular weight is 411 g/mol. The zero-order valence-electron chi connectivity index (χ0n) is 19.7. The van der Waals surface area contributed by atoms with Crippen LogP contribution in [0.3, 0.4) is 0 Å². The molecular weight excluding hydrogens is 368 g/mol. The van der Waals surface area contributed by atoms with E-state index < -0.39 is 8.32 Å². The zero-order chi connectivity index (χ0) is 21.5. The Morgan fingerprint density at radius 3 is 1.59 bits per heavy atom. The van der Waals surface area contributed by atoms with E-state index in [1.165, 1.54) is 29.6 Å². The monoisotopic (exact) mass is 410 g/mol. The second-order valence-electron chi connectivity index (χ2n) is 10.2. The lowest BCUT2D eigenvalue weighted by molar-refractivity contribution is 0.215.